The van der Waals surface area contributed by atoms with E-state index >= 15 is 0 Å². The van der Waals surface area contributed by atoms with Crippen molar-refractivity contribution in [3.63, 3.8) is 0 Å². The molecule has 0 spiro atoms. The summed E-state index contributed by atoms with van der Waals surface area (Å²) in [6, 6.07) is 0. The van der Waals surface area contributed by atoms with E-state index in [4.69, 9.17) is 5.73 Å². The Morgan fingerprint density at radius 3 is 2.90 bits per heavy atom. The maximum Gasteiger partial charge on any atom is 0.220 e. The molecule has 1 rings (SSSR count). The molecule has 0 radical (unpaired) electrons. The van der Waals surface area contributed by atoms with Crippen LogP contribution in [-0.2, 0) is 0 Å². The first-order chi connectivity index (χ1) is 4.74. The van der Waals surface area contributed by atoms with Gasteiger partial charge >= 0.3 is 0 Å². The van der Waals surface area contributed by atoms with Gasteiger partial charge in [0.15, 0.2) is 5.82 Å². The topological polar surface area (TPSA) is 51.8 Å². The normalized spacial score (nSPS) is 9.30. The number of nitrogen functional groups attached to an aromatic ring is 1. The van der Waals surface area contributed by atoms with Gasteiger partial charge in [-0.25, -0.2) is 14.4 Å². The molecule has 1 aromatic heterocycles. The van der Waals surface area contributed by atoms with E-state index in [-0.39, 0.29) is 11.6 Å². The van der Waals surface area contributed by atoms with Gasteiger partial charge in [0.1, 0.15) is 5.69 Å². The van der Waals surface area contributed by atoms with Crippen LogP contribution < -0.4 is 5.73 Å². The van der Waals surface area contributed by atoms with Crippen molar-refractivity contribution in [2.24, 2.45) is 0 Å². The van der Waals surface area contributed by atoms with E-state index in [2.05, 4.69) is 16.5 Å². The minimum absolute atomic E-state index is 0.0521. The first-order valence-corrected chi connectivity index (χ1v) is 2.64. The molecule has 0 saturated carbocycles. The molecule has 10 heavy (non-hydrogen) atoms. The molecule has 0 amide bonds. The molecule has 0 saturated heterocycles. The summed E-state index contributed by atoms with van der Waals surface area (Å²) in [6.07, 6.45) is 2.30. The van der Waals surface area contributed by atoms with Gasteiger partial charge in [-0.3, -0.25) is 0 Å². The summed E-state index contributed by atoms with van der Waals surface area (Å²) in [5.74, 6) is -0.458. The molecule has 0 aliphatic heterocycles. The maximum atomic E-state index is 12.5. The SMILES string of the molecule is C=Cc1nc(N)ncc1F. The summed E-state index contributed by atoms with van der Waals surface area (Å²) < 4.78 is 12.5. The lowest BCUT2D eigenvalue weighted by molar-refractivity contribution is 0.611. The van der Waals surface area contributed by atoms with Crippen molar-refractivity contribution in [2.75, 3.05) is 5.73 Å². The average Bonchev–Trinajstić information content (AvgIpc) is 1.94. The smallest absolute Gasteiger partial charge is 0.220 e. The third-order valence-corrected chi connectivity index (χ3v) is 0.983. The quantitative estimate of drug-likeness (QED) is 0.627. The van der Waals surface area contributed by atoms with Crippen molar-refractivity contribution in [3.05, 3.63) is 24.3 Å². The third kappa shape index (κ3) is 1.10. The van der Waals surface area contributed by atoms with Gasteiger partial charge in [-0.2, -0.15) is 0 Å². The Balaban J connectivity index is 3.21. The van der Waals surface area contributed by atoms with Gasteiger partial charge in [-0.1, -0.05) is 6.58 Å². The molecule has 1 aromatic rings. The van der Waals surface area contributed by atoms with Crippen LogP contribution in [0.5, 0.6) is 0 Å². The zero-order valence-corrected chi connectivity index (χ0v) is 5.21. The first-order valence-electron chi connectivity index (χ1n) is 2.64. The van der Waals surface area contributed by atoms with Gasteiger partial charge in [-0.05, 0) is 6.08 Å². The van der Waals surface area contributed by atoms with Crippen LogP contribution in [0.25, 0.3) is 6.08 Å². The van der Waals surface area contributed by atoms with Gasteiger partial charge in [0.2, 0.25) is 5.95 Å². The zero-order chi connectivity index (χ0) is 7.56. The summed E-state index contributed by atoms with van der Waals surface area (Å²) in [4.78, 5) is 7.00. The Morgan fingerprint density at radius 2 is 2.40 bits per heavy atom. The third-order valence-electron chi connectivity index (χ3n) is 0.983. The standard InChI is InChI=1S/C6H6FN3/c1-2-5-4(7)3-9-6(8)10-5/h2-3H,1H2,(H2,8,9,10). The minimum atomic E-state index is -0.510. The lowest BCUT2D eigenvalue weighted by atomic mass is 10.4. The van der Waals surface area contributed by atoms with E-state index in [1.54, 1.807) is 0 Å². The first kappa shape index (κ1) is 6.67. The molecule has 0 fully saturated rings. The molecular weight excluding hydrogens is 133 g/mol. The number of nitrogens with two attached hydrogens (primary N) is 1. The lowest BCUT2D eigenvalue weighted by Gasteiger charge is -1.94. The van der Waals surface area contributed by atoms with Crippen LogP contribution in [-0.4, -0.2) is 9.97 Å². The van der Waals surface area contributed by atoms with E-state index in [0.29, 0.717) is 0 Å². The van der Waals surface area contributed by atoms with Crippen LogP contribution in [0.3, 0.4) is 0 Å². The molecule has 0 aliphatic rings. The molecule has 3 nitrogen and oxygen atoms in total. The molecular formula is C6H6FN3. The summed E-state index contributed by atoms with van der Waals surface area (Å²) in [7, 11) is 0. The maximum absolute atomic E-state index is 12.5. The molecule has 0 unspecified atom stereocenters. The highest BCUT2D eigenvalue weighted by molar-refractivity contribution is 5.43. The largest absolute Gasteiger partial charge is 0.368 e. The molecule has 52 valence electrons. The molecule has 1 heterocycles. The van der Waals surface area contributed by atoms with Gasteiger partial charge < -0.3 is 5.73 Å². The van der Waals surface area contributed by atoms with Crippen LogP contribution >= 0.6 is 0 Å². The van der Waals surface area contributed by atoms with Crippen LogP contribution in [0.4, 0.5) is 10.3 Å². The molecule has 0 atom stereocenters. The Bertz CT molecular complexity index is 259. The minimum Gasteiger partial charge on any atom is -0.368 e. The molecule has 0 aromatic carbocycles. The van der Waals surface area contributed by atoms with Crippen molar-refractivity contribution in [2.45, 2.75) is 0 Å². The number of anilines is 1. The molecule has 4 heteroatoms. The molecule has 0 aliphatic carbocycles. The highest BCUT2D eigenvalue weighted by Crippen LogP contribution is 2.04. The van der Waals surface area contributed by atoms with E-state index in [0.717, 1.165) is 6.20 Å². The predicted octanol–water partition coefficient (Wildman–Crippen LogP) is 0.841. The number of aromatic nitrogens is 2. The van der Waals surface area contributed by atoms with Crippen molar-refractivity contribution >= 4 is 12.0 Å². The predicted molar refractivity (Wildman–Crippen MR) is 36.5 cm³/mol. The Morgan fingerprint density at radius 1 is 1.70 bits per heavy atom. The summed E-state index contributed by atoms with van der Waals surface area (Å²) in [5, 5.41) is 0. The number of halogens is 1. The fourth-order valence-electron chi connectivity index (χ4n) is 0.538. The molecule has 2 N–H and O–H groups in total. The number of rotatable bonds is 1. The van der Waals surface area contributed by atoms with Crippen molar-refractivity contribution < 1.29 is 4.39 Å². The zero-order valence-electron chi connectivity index (χ0n) is 5.21. The van der Waals surface area contributed by atoms with Gasteiger partial charge in [0, 0.05) is 0 Å². The van der Waals surface area contributed by atoms with Crippen LogP contribution in [0.1, 0.15) is 5.69 Å². The fraction of sp³-hybridized carbons (Fsp3) is 0. The van der Waals surface area contributed by atoms with Gasteiger partial charge in [0.05, 0.1) is 6.20 Å². The Kier molecular flexibility index (Phi) is 1.62. The van der Waals surface area contributed by atoms with Crippen molar-refractivity contribution in [1.82, 2.24) is 9.97 Å². The van der Waals surface area contributed by atoms with Crippen LogP contribution in [0.2, 0.25) is 0 Å². The number of hydrogen-bond acceptors (Lipinski definition) is 3. The number of hydrogen-bond donors (Lipinski definition) is 1. The Hall–Kier alpha value is -1.45. The van der Waals surface area contributed by atoms with Crippen LogP contribution in [0.15, 0.2) is 12.8 Å². The molecule has 0 bridgehead atoms. The van der Waals surface area contributed by atoms with Gasteiger partial charge in [-0.15, -0.1) is 0 Å². The Labute approximate surface area is 57.4 Å². The van der Waals surface area contributed by atoms with Crippen molar-refractivity contribution in [1.29, 1.82) is 0 Å². The van der Waals surface area contributed by atoms with E-state index < -0.39 is 5.82 Å². The summed E-state index contributed by atoms with van der Waals surface area (Å²) >= 11 is 0. The summed E-state index contributed by atoms with van der Waals surface area (Å²) in [5.41, 5.74) is 5.30. The number of nitrogens with zero attached hydrogens (tertiary/aromatic N) is 2. The van der Waals surface area contributed by atoms with E-state index in [1.165, 1.54) is 6.08 Å². The van der Waals surface area contributed by atoms with Crippen LogP contribution in [0, 0.1) is 5.82 Å². The highest BCUT2D eigenvalue weighted by atomic mass is 19.1. The van der Waals surface area contributed by atoms with E-state index in [9.17, 15) is 4.39 Å². The van der Waals surface area contributed by atoms with Crippen molar-refractivity contribution in [3.8, 4) is 0 Å². The highest BCUT2D eigenvalue weighted by Gasteiger charge is 1.98. The fourth-order valence-corrected chi connectivity index (χ4v) is 0.538. The lowest BCUT2D eigenvalue weighted by Crippen LogP contribution is -1.97. The monoisotopic (exact) mass is 139 g/mol. The van der Waals surface area contributed by atoms with E-state index in [1.807, 2.05) is 0 Å². The van der Waals surface area contributed by atoms with Gasteiger partial charge in [0.25, 0.3) is 0 Å². The second-order valence-corrected chi connectivity index (χ2v) is 1.67. The second kappa shape index (κ2) is 2.43. The second-order valence-electron chi connectivity index (χ2n) is 1.67. The average molecular weight is 139 g/mol. The summed E-state index contributed by atoms with van der Waals surface area (Å²) in [6.45, 7) is 3.35.